The van der Waals surface area contributed by atoms with Gasteiger partial charge in [0.1, 0.15) is 34.4 Å². The number of ether oxygens (including phenoxy) is 3. The van der Waals surface area contributed by atoms with Crippen molar-refractivity contribution >= 4 is 16.9 Å². The lowest BCUT2D eigenvalue weighted by Gasteiger charge is -2.10. The summed E-state index contributed by atoms with van der Waals surface area (Å²) in [6.07, 6.45) is 1.54. The Morgan fingerprint density at radius 3 is 2.31 bits per heavy atom. The number of nitrogens with zero attached hydrogens (tertiary/aromatic N) is 3. The summed E-state index contributed by atoms with van der Waals surface area (Å²) >= 11 is 0. The lowest BCUT2D eigenvalue weighted by Crippen LogP contribution is -1.93. The fraction of sp³-hybridized carbons (Fsp3) is 0.100. The van der Waals surface area contributed by atoms with E-state index in [2.05, 4.69) is 15.0 Å². The Balaban J connectivity index is 1.67. The molecule has 2 heterocycles. The van der Waals surface area contributed by atoms with Crippen molar-refractivity contribution in [2.45, 2.75) is 0 Å². The highest BCUT2D eigenvalue weighted by Crippen LogP contribution is 2.37. The number of nitro groups is 1. The van der Waals surface area contributed by atoms with Gasteiger partial charge in [-0.15, -0.1) is 0 Å². The molecule has 0 saturated carbocycles. The number of non-ortho nitro benzene ring substituents is 1. The first kappa shape index (κ1) is 18.2. The number of fused-ring (bicyclic) bond motifs is 1. The van der Waals surface area contributed by atoms with Gasteiger partial charge in [0.2, 0.25) is 0 Å². The van der Waals surface area contributed by atoms with Crippen molar-refractivity contribution in [3.8, 4) is 34.4 Å². The average molecular weight is 392 g/mol. The van der Waals surface area contributed by atoms with Gasteiger partial charge in [-0.05, 0) is 24.3 Å². The van der Waals surface area contributed by atoms with Crippen molar-refractivity contribution < 1.29 is 19.1 Å². The number of hydrogen-bond donors (Lipinski definition) is 1. The highest BCUT2D eigenvalue weighted by Gasteiger charge is 2.17. The summed E-state index contributed by atoms with van der Waals surface area (Å²) in [7, 11) is 3.16. The summed E-state index contributed by atoms with van der Waals surface area (Å²) in [4.78, 5) is 22.3. The third-order valence-corrected chi connectivity index (χ3v) is 4.26. The number of benzene rings is 2. The van der Waals surface area contributed by atoms with Crippen molar-refractivity contribution in [3.05, 3.63) is 64.8 Å². The minimum absolute atomic E-state index is 0.00473. The molecule has 0 bridgehead atoms. The second kappa shape index (κ2) is 7.47. The summed E-state index contributed by atoms with van der Waals surface area (Å²) in [6.45, 7) is 0. The Kier molecular flexibility index (Phi) is 4.70. The molecule has 0 amide bonds. The van der Waals surface area contributed by atoms with Gasteiger partial charge in [0.25, 0.3) is 5.69 Å². The van der Waals surface area contributed by atoms with Crippen LogP contribution in [-0.2, 0) is 0 Å². The van der Waals surface area contributed by atoms with Crippen LogP contribution in [0.5, 0.6) is 23.0 Å². The van der Waals surface area contributed by atoms with Gasteiger partial charge >= 0.3 is 0 Å². The van der Waals surface area contributed by atoms with Gasteiger partial charge in [0.05, 0.1) is 30.9 Å². The predicted molar refractivity (Wildman–Crippen MR) is 106 cm³/mol. The summed E-state index contributed by atoms with van der Waals surface area (Å²) in [5, 5.41) is 10.8. The third-order valence-electron chi connectivity index (χ3n) is 4.26. The van der Waals surface area contributed by atoms with Crippen LogP contribution in [0.15, 0.2) is 54.7 Å². The van der Waals surface area contributed by atoms with Crippen LogP contribution in [0.3, 0.4) is 0 Å². The van der Waals surface area contributed by atoms with Crippen molar-refractivity contribution in [2.24, 2.45) is 0 Å². The molecule has 0 aliphatic rings. The largest absolute Gasteiger partial charge is 0.496 e. The highest BCUT2D eigenvalue weighted by molar-refractivity contribution is 5.81. The molecule has 2 aromatic heterocycles. The Hall–Kier alpha value is -4.14. The van der Waals surface area contributed by atoms with E-state index in [1.165, 1.54) is 30.5 Å². The molecule has 0 saturated heterocycles. The van der Waals surface area contributed by atoms with Gasteiger partial charge in [0, 0.05) is 18.2 Å². The number of nitrogens with one attached hydrogen (secondary N) is 1. The van der Waals surface area contributed by atoms with E-state index >= 15 is 0 Å². The number of nitro benzene ring substituents is 1. The molecule has 0 unspecified atom stereocenters. The summed E-state index contributed by atoms with van der Waals surface area (Å²) in [5.41, 5.74) is 1.85. The van der Waals surface area contributed by atoms with Crippen molar-refractivity contribution in [2.75, 3.05) is 14.2 Å². The standard InChI is InChI=1S/C20H16N4O5/c1-27-16-4-3-5-17(28-2)18(16)20-22-15-10-14(11-21-19(15)23-20)29-13-8-6-12(7-9-13)24(25)26/h3-11H,1-2H3,(H,21,22,23). The summed E-state index contributed by atoms with van der Waals surface area (Å²) in [6, 6.07) is 13.0. The molecule has 0 radical (unpaired) electrons. The zero-order valence-corrected chi connectivity index (χ0v) is 15.6. The van der Waals surface area contributed by atoms with Gasteiger partial charge in [-0.25, -0.2) is 9.97 Å². The Morgan fingerprint density at radius 1 is 1.00 bits per heavy atom. The van der Waals surface area contributed by atoms with E-state index in [9.17, 15) is 10.1 Å². The van der Waals surface area contributed by atoms with E-state index in [1.807, 2.05) is 18.2 Å². The molecule has 4 aromatic rings. The van der Waals surface area contributed by atoms with E-state index in [0.717, 1.165) is 0 Å². The Labute approximate surface area is 165 Å². The van der Waals surface area contributed by atoms with Gasteiger partial charge in [-0.2, -0.15) is 0 Å². The van der Waals surface area contributed by atoms with Crippen LogP contribution in [0.25, 0.3) is 22.6 Å². The lowest BCUT2D eigenvalue weighted by atomic mass is 10.1. The second-order valence-electron chi connectivity index (χ2n) is 6.02. The van der Waals surface area contributed by atoms with Crippen LogP contribution >= 0.6 is 0 Å². The van der Waals surface area contributed by atoms with Crippen molar-refractivity contribution in [1.29, 1.82) is 0 Å². The van der Waals surface area contributed by atoms with Gasteiger partial charge in [-0.1, -0.05) is 6.07 Å². The van der Waals surface area contributed by atoms with Crippen molar-refractivity contribution in [1.82, 2.24) is 15.0 Å². The second-order valence-corrected chi connectivity index (χ2v) is 6.02. The number of H-pyrrole nitrogens is 1. The van der Waals surface area contributed by atoms with E-state index in [1.54, 1.807) is 20.3 Å². The maximum atomic E-state index is 10.8. The zero-order valence-electron chi connectivity index (χ0n) is 15.6. The van der Waals surface area contributed by atoms with Crippen molar-refractivity contribution in [3.63, 3.8) is 0 Å². The van der Waals surface area contributed by atoms with E-state index in [0.29, 0.717) is 45.5 Å². The predicted octanol–water partition coefficient (Wildman–Crippen LogP) is 4.34. The highest BCUT2D eigenvalue weighted by atomic mass is 16.6. The molecule has 0 spiro atoms. The topological polar surface area (TPSA) is 112 Å². The first-order valence-electron chi connectivity index (χ1n) is 8.58. The minimum atomic E-state index is -0.463. The van der Waals surface area contributed by atoms with E-state index < -0.39 is 4.92 Å². The molecular formula is C20H16N4O5. The molecule has 29 heavy (non-hydrogen) atoms. The molecular weight excluding hydrogens is 376 g/mol. The van der Waals surface area contributed by atoms with E-state index in [4.69, 9.17) is 14.2 Å². The lowest BCUT2D eigenvalue weighted by molar-refractivity contribution is -0.384. The molecule has 9 heteroatoms. The number of methoxy groups -OCH3 is 2. The van der Waals surface area contributed by atoms with Crippen LogP contribution < -0.4 is 14.2 Å². The SMILES string of the molecule is COc1cccc(OC)c1-c1nc2ncc(Oc3ccc([N+](=O)[O-])cc3)cc2[nH]1. The number of hydrogen-bond acceptors (Lipinski definition) is 7. The number of pyridine rings is 1. The summed E-state index contributed by atoms with van der Waals surface area (Å²) < 4.78 is 16.6. The molecule has 0 aliphatic carbocycles. The number of imidazole rings is 1. The zero-order chi connectivity index (χ0) is 20.4. The van der Waals surface area contributed by atoms with Crippen LogP contribution in [0.2, 0.25) is 0 Å². The molecule has 0 fully saturated rings. The van der Waals surface area contributed by atoms with Crippen LogP contribution in [0.1, 0.15) is 0 Å². The third kappa shape index (κ3) is 3.53. The molecule has 9 nitrogen and oxygen atoms in total. The number of rotatable bonds is 6. The first-order valence-corrected chi connectivity index (χ1v) is 8.58. The molecule has 2 aromatic carbocycles. The fourth-order valence-corrected chi connectivity index (χ4v) is 2.91. The molecule has 0 aliphatic heterocycles. The molecule has 4 rings (SSSR count). The smallest absolute Gasteiger partial charge is 0.269 e. The minimum Gasteiger partial charge on any atom is -0.496 e. The fourth-order valence-electron chi connectivity index (χ4n) is 2.91. The Morgan fingerprint density at radius 2 is 1.69 bits per heavy atom. The molecule has 146 valence electrons. The monoisotopic (exact) mass is 392 g/mol. The first-order chi connectivity index (χ1) is 14.1. The number of aromatic amines is 1. The summed E-state index contributed by atoms with van der Waals surface area (Å²) in [5.74, 6) is 2.71. The van der Waals surface area contributed by atoms with Gasteiger partial charge in [0.15, 0.2) is 5.65 Å². The van der Waals surface area contributed by atoms with Gasteiger partial charge in [-0.3, -0.25) is 10.1 Å². The molecule has 1 N–H and O–H groups in total. The Bertz CT molecular complexity index is 1170. The number of aromatic nitrogens is 3. The van der Waals surface area contributed by atoms with E-state index in [-0.39, 0.29) is 5.69 Å². The quantitative estimate of drug-likeness (QED) is 0.383. The maximum absolute atomic E-state index is 10.8. The van der Waals surface area contributed by atoms with Gasteiger partial charge < -0.3 is 19.2 Å². The normalized spacial score (nSPS) is 10.7. The van der Waals surface area contributed by atoms with Crippen LogP contribution in [-0.4, -0.2) is 34.1 Å². The van der Waals surface area contributed by atoms with Crippen LogP contribution in [0.4, 0.5) is 5.69 Å². The average Bonchev–Trinajstić information content (AvgIpc) is 3.16. The van der Waals surface area contributed by atoms with Crippen LogP contribution in [0, 0.1) is 10.1 Å². The molecule has 0 atom stereocenters. The maximum Gasteiger partial charge on any atom is 0.269 e.